The van der Waals surface area contributed by atoms with E-state index in [1.54, 1.807) is 19.1 Å². The molecule has 0 radical (unpaired) electrons. The molecule has 0 saturated carbocycles. The first-order valence-electron chi connectivity index (χ1n) is 7.56. The van der Waals surface area contributed by atoms with Gasteiger partial charge >= 0.3 is 0 Å². The molecule has 0 aliphatic carbocycles. The third-order valence-electron chi connectivity index (χ3n) is 3.99. The summed E-state index contributed by atoms with van der Waals surface area (Å²) in [5.41, 5.74) is 0.126. The minimum Gasteiger partial charge on any atom is -0.493 e. The molecular weight excluding hydrogens is 336 g/mol. The molecule has 0 bridgehead atoms. The second-order valence-electron chi connectivity index (χ2n) is 5.73. The van der Waals surface area contributed by atoms with Crippen LogP contribution in [0.2, 0.25) is 0 Å². The highest BCUT2D eigenvalue weighted by Gasteiger charge is 2.50. The summed E-state index contributed by atoms with van der Waals surface area (Å²) < 4.78 is 43.4. The molecule has 0 spiro atoms. The van der Waals surface area contributed by atoms with Gasteiger partial charge in [-0.25, -0.2) is 8.78 Å². The van der Waals surface area contributed by atoms with Gasteiger partial charge in [-0.15, -0.1) is 0 Å². The van der Waals surface area contributed by atoms with Crippen LogP contribution in [0.5, 0.6) is 11.5 Å². The number of alkyl halides is 2. The second-order valence-corrected chi connectivity index (χ2v) is 5.73. The van der Waals surface area contributed by atoms with Gasteiger partial charge in [-0.3, -0.25) is 4.79 Å². The third-order valence-corrected chi connectivity index (χ3v) is 3.99. The molecule has 1 fully saturated rings. The monoisotopic (exact) mass is 353 g/mol. The summed E-state index contributed by atoms with van der Waals surface area (Å²) in [5, 5.41) is 3.62. The van der Waals surface area contributed by atoms with Crippen molar-refractivity contribution in [2.45, 2.75) is 25.3 Å². The van der Waals surface area contributed by atoms with E-state index in [4.69, 9.17) is 14.0 Å². The van der Waals surface area contributed by atoms with E-state index in [0.29, 0.717) is 11.6 Å². The number of rotatable bonds is 4. The van der Waals surface area contributed by atoms with Crippen LogP contribution in [0.4, 0.5) is 8.78 Å². The molecule has 1 aliphatic heterocycles. The number of ether oxygens (including phenoxy) is 2. The fraction of sp³-hybridized carbons (Fsp3) is 0.438. The molecule has 0 unspecified atom stereocenters. The molecule has 134 valence electrons. The number of benzene rings is 1. The van der Waals surface area contributed by atoms with Crippen molar-refractivity contribution in [2.24, 2.45) is 0 Å². The van der Waals surface area contributed by atoms with Crippen LogP contribution >= 0.6 is 0 Å². The Bertz CT molecular complexity index is 793. The van der Waals surface area contributed by atoms with Gasteiger partial charge in [0.05, 0.1) is 26.3 Å². The summed E-state index contributed by atoms with van der Waals surface area (Å²) >= 11 is 0. The topological polar surface area (TPSA) is 77.7 Å². The largest absolute Gasteiger partial charge is 0.493 e. The minimum absolute atomic E-state index is 0.00936. The van der Waals surface area contributed by atoms with Crippen molar-refractivity contribution in [1.29, 1.82) is 0 Å². The summed E-state index contributed by atoms with van der Waals surface area (Å²) in [4.78, 5) is 18.0. The maximum atomic E-state index is 14.0. The summed E-state index contributed by atoms with van der Waals surface area (Å²) in [6, 6.07) is 3.71. The van der Waals surface area contributed by atoms with Crippen LogP contribution in [-0.4, -0.2) is 47.6 Å². The summed E-state index contributed by atoms with van der Waals surface area (Å²) in [6.07, 6.45) is -0.577. The van der Waals surface area contributed by atoms with E-state index in [2.05, 4.69) is 10.1 Å². The van der Waals surface area contributed by atoms with Gasteiger partial charge in [-0.05, 0) is 19.1 Å². The lowest BCUT2D eigenvalue weighted by Crippen LogP contribution is -2.33. The van der Waals surface area contributed by atoms with Gasteiger partial charge < -0.3 is 18.9 Å². The third kappa shape index (κ3) is 3.13. The van der Waals surface area contributed by atoms with Crippen LogP contribution in [0.3, 0.4) is 0 Å². The summed E-state index contributed by atoms with van der Waals surface area (Å²) in [6.45, 7) is 0.843. The fourth-order valence-corrected chi connectivity index (χ4v) is 2.91. The van der Waals surface area contributed by atoms with Crippen LogP contribution in [0.25, 0.3) is 0 Å². The number of methoxy groups -OCH3 is 2. The van der Waals surface area contributed by atoms with Gasteiger partial charge in [-0.2, -0.15) is 4.98 Å². The number of halogens is 2. The smallest absolute Gasteiger partial charge is 0.267 e. The number of aromatic nitrogens is 2. The second kappa shape index (κ2) is 6.30. The van der Waals surface area contributed by atoms with E-state index < -0.39 is 30.8 Å². The zero-order valence-electron chi connectivity index (χ0n) is 14.0. The molecule has 2 aromatic rings. The quantitative estimate of drug-likeness (QED) is 0.841. The maximum absolute atomic E-state index is 14.0. The van der Waals surface area contributed by atoms with Crippen molar-refractivity contribution < 1.29 is 27.6 Å². The molecule has 2 heterocycles. The number of aryl methyl sites for hydroxylation is 1. The summed E-state index contributed by atoms with van der Waals surface area (Å²) in [5.74, 6) is -2.83. The molecule has 9 heteroatoms. The number of amides is 1. The molecule has 25 heavy (non-hydrogen) atoms. The molecule has 1 atom stereocenters. The van der Waals surface area contributed by atoms with Crippen molar-refractivity contribution in [1.82, 2.24) is 15.0 Å². The zero-order valence-corrected chi connectivity index (χ0v) is 14.0. The number of hydrogen-bond acceptors (Lipinski definition) is 6. The molecule has 0 N–H and O–H groups in total. The molecule has 1 amide bonds. The van der Waals surface area contributed by atoms with E-state index in [9.17, 15) is 13.6 Å². The maximum Gasteiger partial charge on any atom is 0.267 e. The van der Waals surface area contributed by atoms with Crippen molar-refractivity contribution in [3.8, 4) is 11.5 Å². The highest BCUT2D eigenvalue weighted by molar-refractivity contribution is 5.98. The predicted octanol–water partition coefficient (Wildman–Crippen LogP) is 2.62. The van der Waals surface area contributed by atoms with Gasteiger partial charge in [0.1, 0.15) is 6.04 Å². The van der Waals surface area contributed by atoms with Crippen LogP contribution in [0.15, 0.2) is 22.7 Å². The van der Waals surface area contributed by atoms with E-state index in [1.807, 2.05) is 0 Å². The van der Waals surface area contributed by atoms with E-state index in [1.165, 1.54) is 20.3 Å². The molecule has 1 aromatic heterocycles. The molecule has 3 rings (SSSR count). The van der Waals surface area contributed by atoms with Crippen molar-refractivity contribution in [3.63, 3.8) is 0 Å². The highest BCUT2D eigenvalue weighted by Crippen LogP contribution is 2.42. The van der Waals surface area contributed by atoms with Crippen molar-refractivity contribution >= 4 is 5.91 Å². The first kappa shape index (κ1) is 17.1. The number of hydrogen-bond donors (Lipinski definition) is 0. The number of nitrogens with zero attached hydrogens (tertiary/aromatic N) is 3. The lowest BCUT2D eigenvalue weighted by Gasteiger charge is -2.22. The normalized spacial score (nSPS) is 19.1. The number of likely N-dealkylation sites (tertiary alicyclic amines) is 1. The average Bonchev–Trinajstić information content (AvgIpc) is 3.15. The Hall–Kier alpha value is -2.71. The Morgan fingerprint density at radius 1 is 1.36 bits per heavy atom. The minimum atomic E-state index is -3.05. The van der Waals surface area contributed by atoms with Gasteiger partial charge in [0.25, 0.3) is 11.8 Å². The molecule has 1 aromatic carbocycles. The Morgan fingerprint density at radius 3 is 2.72 bits per heavy atom. The number of para-hydroxylation sites is 1. The Balaban J connectivity index is 2.00. The van der Waals surface area contributed by atoms with Crippen LogP contribution < -0.4 is 9.47 Å². The number of carbonyl (C=O) groups is 1. The standard InChI is InChI=1S/C16H17F2N3O4/c1-9-19-14(25-20-9)11-7-16(17,18)8-21(11)15(22)10-5-4-6-12(23-2)13(10)24-3/h4-6,11H,7-8H2,1-3H3/t11-/m0/s1. The fourth-order valence-electron chi connectivity index (χ4n) is 2.91. The SMILES string of the molecule is COc1cccc(C(=O)N2CC(F)(F)C[C@H]2c2nc(C)no2)c1OC. The van der Waals surface area contributed by atoms with Gasteiger partial charge in [0.2, 0.25) is 5.89 Å². The molecule has 1 saturated heterocycles. The van der Waals surface area contributed by atoms with Gasteiger partial charge in [0.15, 0.2) is 17.3 Å². The average molecular weight is 353 g/mol. The number of carbonyl (C=O) groups excluding carboxylic acids is 1. The molecule has 7 nitrogen and oxygen atoms in total. The molecule has 1 aliphatic rings. The van der Waals surface area contributed by atoms with E-state index >= 15 is 0 Å². The van der Waals surface area contributed by atoms with E-state index in [0.717, 1.165) is 4.90 Å². The predicted molar refractivity (Wildman–Crippen MR) is 81.9 cm³/mol. The van der Waals surface area contributed by atoms with Crippen molar-refractivity contribution in [3.05, 3.63) is 35.5 Å². The molecular formula is C16H17F2N3O4. The first-order valence-corrected chi connectivity index (χ1v) is 7.56. The van der Waals surface area contributed by atoms with Gasteiger partial charge in [0, 0.05) is 6.42 Å². The van der Waals surface area contributed by atoms with Gasteiger partial charge in [-0.1, -0.05) is 11.2 Å². The van der Waals surface area contributed by atoms with Crippen LogP contribution in [0, 0.1) is 6.92 Å². The van der Waals surface area contributed by atoms with Crippen molar-refractivity contribution in [2.75, 3.05) is 20.8 Å². The van der Waals surface area contributed by atoms with Crippen LogP contribution in [-0.2, 0) is 0 Å². The highest BCUT2D eigenvalue weighted by atomic mass is 19.3. The first-order chi connectivity index (χ1) is 11.9. The lowest BCUT2D eigenvalue weighted by atomic mass is 10.1. The Kier molecular flexibility index (Phi) is 4.32. The summed E-state index contributed by atoms with van der Waals surface area (Å²) in [7, 11) is 2.81. The van der Waals surface area contributed by atoms with Crippen LogP contribution in [0.1, 0.15) is 34.5 Å². The Morgan fingerprint density at radius 2 is 2.12 bits per heavy atom. The zero-order chi connectivity index (χ0) is 18.2. The van der Waals surface area contributed by atoms with E-state index in [-0.39, 0.29) is 17.2 Å². The Labute approximate surface area is 142 Å². The lowest BCUT2D eigenvalue weighted by molar-refractivity contribution is 0.0116.